The van der Waals surface area contributed by atoms with Gasteiger partial charge in [-0.25, -0.2) is 22.7 Å². The summed E-state index contributed by atoms with van der Waals surface area (Å²) < 4.78 is 55.9. The number of carbonyl (C=O) groups excluding carboxylic acids is 1. The molecule has 166 valence electrons. The fourth-order valence-corrected chi connectivity index (χ4v) is 4.41. The summed E-state index contributed by atoms with van der Waals surface area (Å²) in [5.41, 5.74) is -2.38. The number of hydrogen-bond donors (Lipinski definition) is 1. The molecule has 0 radical (unpaired) electrons. The zero-order chi connectivity index (χ0) is 22.4. The first-order valence-corrected chi connectivity index (χ1v) is 10.0. The van der Waals surface area contributed by atoms with Crippen molar-refractivity contribution >= 4 is 17.4 Å². The highest BCUT2D eigenvalue weighted by Crippen LogP contribution is 2.55. The summed E-state index contributed by atoms with van der Waals surface area (Å²) >= 11 is 0. The molecule has 2 fully saturated rings. The number of nitrogens with zero attached hydrogens (tertiary/aromatic N) is 4. The van der Waals surface area contributed by atoms with Crippen LogP contribution in [0.3, 0.4) is 0 Å². The monoisotopic (exact) mass is 437 g/mol. The molecule has 0 spiro atoms. The molecule has 1 aliphatic heterocycles. The van der Waals surface area contributed by atoms with Gasteiger partial charge in [-0.05, 0) is 19.3 Å². The van der Waals surface area contributed by atoms with E-state index in [-0.39, 0.29) is 42.6 Å². The first-order chi connectivity index (χ1) is 14.7. The smallest absolute Gasteiger partial charge is 0.303 e. The van der Waals surface area contributed by atoms with Crippen molar-refractivity contribution in [3.8, 4) is 6.07 Å². The van der Waals surface area contributed by atoms with Crippen LogP contribution in [0.25, 0.3) is 5.52 Å². The SMILES string of the molecule is CC(=O)O[C@@H]1COCC[C@H]1Nc1ncc2c(F)c(C#N)c(C3(C(C)(F)F)CCC3)n2n1. The van der Waals surface area contributed by atoms with Crippen molar-refractivity contribution in [2.45, 2.75) is 63.0 Å². The number of alkyl halides is 2. The van der Waals surface area contributed by atoms with E-state index in [2.05, 4.69) is 15.4 Å². The Morgan fingerprint density at radius 1 is 1.48 bits per heavy atom. The summed E-state index contributed by atoms with van der Waals surface area (Å²) in [4.78, 5) is 15.5. The molecule has 1 saturated carbocycles. The van der Waals surface area contributed by atoms with Crippen LogP contribution in [0.1, 0.15) is 50.8 Å². The van der Waals surface area contributed by atoms with Crippen LogP contribution in [-0.2, 0) is 19.7 Å². The highest BCUT2D eigenvalue weighted by atomic mass is 19.3. The van der Waals surface area contributed by atoms with Crippen LogP contribution >= 0.6 is 0 Å². The summed E-state index contributed by atoms with van der Waals surface area (Å²) in [7, 11) is 0. The molecular formula is C20H22F3N5O3. The van der Waals surface area contributed by atoms with Gasteiger partial charge < -0.3 is 14.8 Å². The Labute approximate surface area is 176 Å². The second kappa shape index (κ2) is 7.67. The van der Waals surface area contributed by atoms with E-state index >= 15 is 0 Å². The molecule has 31 heavy (non-hydrogen) atoms. The minimum atomic E-state index is -3.17. The normalized spacial score (nSPS) is 23.1. The van der Waals surface area contributed by atoms with Gasteiger partial charge in [0.25, 0.3) is 5.92 Å². The molecule has 0 unspecified atom stereocenters. The van der Waals surface area contributed by atoms with E-state index in [1.54, 1.807) is 6.07 Å². The van der Waals surface area contributed by atoms with Crippen LogP contribution in [0.2, 0.25) is 0 Å². The Kier molecular flexibility index (Phi) is 5.29. The molecule has 8 nitrogen and oxygen atoms in total. The molecule has 1 saturated heterocycles. The number of hydrogen-bond acceptors (Lipinski definition) is 7. The van der Waals surface area contributed by atoms with Gasteiger partial charge in [0.15, 0.2) is 5.82 Å². The number of rotatable bonds is 5. The Morgan fingerprint density at radius 2 is 2.23 bits per heavy atom. The van der Waals surface area contributed by atoms with E-state index in [0.29, 0.717) is 19.4 Å². The second-order valence-corrected chi connectivity index (χ2v) is 8.11. The van der Waals surface area contributed by atoms with Crippen molar-refractivity contribution in [2.75, 3.05) is 18.5 Å². The largest absolute Gasteiger partial charge is 0.458 e. The summed E-state index contributed by atoms with van der Waals surface area (Å²) in [6, 6.07) is 1.36. The van der Waals surface area contributed by atoms with Crippen molar-refractivity contribution in [3.05, 3.63) is 23.3 Å². The number of carbonyl (C=O) groups is 1. The Hall–Kier alpha value is -2.87. The lowest BCUT2D eigenvalue weighted by Crippen LogP contribution is -2.50. The molecule has 2 aliphatic rings. The van der Waals surface area contributed by atoms with Gasteiger partial charge in [0, 0.05) is 20.5 Å². The maximum atomic E-state index is 14.9. The standard InChI is InChI=1S/C20H22F3N5O3/c1-11(29)31-15-10-30-7-4-13(15)26-18-25-9-14-16(21)12(8-24)17(28(14)27-18)20(5-3-6-20)19(2,22)23/h9,13,15H,3-7,10H2,1-2H3,(H,26,27)/t13-,15-/m1/s1. The van der Waals surface area contributed by atoms with Gasteiger partial charge in [-0.3, -0.25) is 4.79 Å². The minimum absolute atomic E-state index is 0.0474. The number of anilines is 1. The van der Waals surface area contributed by atoms with Crippen LogP contribution in [0, 0.1) is 17.1 Å². The molecule has 4 rings (SSSR count). The molecule has 1 N–H and O–H groups in total. The third-order valence-corrected chi connectivity index (χ3v) is 6.17. The van der Waals surface area contributed by atoms with Crippen molar-refractivity contribution in [2.24, 2.45) is 0 Å². The number of nitriles is 1. The number of halogens is 3. The molecule has 0 amide bonds. The maximum absolute atomic E-state index is 14.9. The molecule has 3 heterocycles. The average molecular weight is 437 g/mol. The Bertz CT molecular complexity index is 1050. The number of aromatic nitrogens is 3. The first kappa shape index (κ1) is 21.4. The lowest BCUT2D eigenvalue weighted by molar-refractivity contribution is -0.153. The molecule has 11 heteroatoms. The quantitative estimate of drug-likeness (QED) is 0.718. The van der Waals surface area contributed by atoms with Gasteiger partial charge in [-0.15, -0.1) is 5.10 Å². The van der Waals surface area contributed by atoms with E-state index in [1.807, 2.05) is 0 Å². The third-order valence-electron chi connectivity index (χ3n) is 6.17. The van der Waals surface area contributed by atoms with E-state index in [4.69, 9.17) is 9.47 Å². The summed E-state index contributed by atoms with van der Waals surface area (Å²) in [5.74, 6) is -4.50. The molecule has 0 bridgehead atoms. The van der Waals surface area contributed by atoms with Crippen molar-refractivity contribution in [3.63, 3.8) is 0 Å². The van der Waals surface area contributed by atoms with E-state index in [1.165, 1.54) is 6.92 Å². The summed E-state index contributed by atoms with van der Waals surface area (Å²) in [5, 5.41) is 16.8. The van der Waals surface area contributed by atoms with Crippen molar-refractivity contribution in [1.29, 1.82) is 5.26 Å². The van der Waals surface area contributed by atoms with Crippen molar-refractivity contribution < 1.29 is 27.4 Å². The highest BCUT2D eigenvalue weighted by Gasteiger charge is 2.58. The number of ether oxygens (including phenoxy) is 2. The number of esters is 1. The fourth-order valence-electron chi connectivity index (χ4n) is 4.41. The predicted octanol–water partition coefficient (Wildman–Crippen LogP) is 2.95. The lowest BCUT2D eigenvalue weighted by Gasteiger charge is -2.45. The number of nitrogens with one attached hydrogen (secondary N) is 1. The van der Waals surface area contributed by atoms with Crippen LogP contribution in [0.4, 0.5) is 19.1 Å². The van der Waals surface area contributed by atoms with Gasteiger partial charge in [0.05, 0.1) is 30.0 Å². The molecule has 2 atom stereocenters. The summed E-state index contributed by atoms with van der Waals surface area (Å²) in [6.07, 6.45) is 1.86. The molecule has 2 aromatic heterocycles. The van der Waals surface area contributed by atoms with Crippen LogP contribution in [0.15, 0.2) is 6.20 Å². The molecular weight excluding hydrogens is 415 g/mol. The zero-order valence-corrected chi connectivity index (χ0v) is 17.1. The third kappa shape index (κ3) is 3.48. The van der Waals surface area contributed by atoms with E-state index in [0.717, 1.165) is 17.6 Å². The van der Waals surface area contributed by atoms with Gasteiger partial charge in [-0.2, -0.15) is 5.26 Å². The molecule has 1 aliphatic carbocycles. The average Bonchev–Trinajstić information content (AvgIpc) is 2.93. The van der Waals surface area contributed by atoms with Crippen LogP contribution < -0.4 is 5.32 Å². The topological polar surface area (TPSA) is 102 Å². The zero-order valence-electron chi connectivity index (χ0n) is 17.1. The second-order valence-electron chi connectivity index (χ2n) is 8.11. The fraction of sp³-hybridized carbons (Fsp3) is 0.600. The predicted molar refractivity (Wildman–Crippen MR) is 102 cm³/mol. The lowest BCUT2D eigenvalue weighted by atomic mass is 9.62. The maximum Gasteiger partial charge on any atom is 0.303 e. The van der Waals surface area contributed by atoms with E-state index < -0.39 is 34.8 Å². The minimum Gasteiger partial charge on any atom is -0.458 e. The summed E-state index contributed by atoms with van der Waals surface area (Å²) in [6.45, 7) is 2.68. The molecule has 0 aromatic carbocycles. The number of fused-ring (bicyclic) bond motifs is 1. The van der Waals surface area contributed by atoms with Gasteiger partial charge in [-0.1, -0.05) is 6.42 Å². The Morgan fingerprint density at radius 3 is 2.81 bits per heavy atom. The van der Waals surface area contributed by atoms with Gasteiger partial charge in [0.1, 0.15) is 23.3 Å². The van der Waals surface area contributed by atoms with Crippen LogP contribution in [-0.4, -0.2) is 51.8 Å². The molecule has 2 aromatic rings. The van der Waals surface area contributed by atoms with Gasteiger partial charge in [0.2, 0.25) is 5.95 Å². The van der Waals surface area contributed by atoms with E-state index in [9.17, 15) is 23.2 Å². The van der Waals surface area contributed by atoms with Gasteiger partial charge >= 0.3 is 5.97 Å². The van der Waals surface area contributed by atoms with Crippen molar-refractivity contribution in [1.82, 2.24) is 14.6 Å². The van der Waals surface area contributed by atoms with Crippen LogP contribution in [0.5, 0.6) is 0 Å². The Balaban J connectivity index is 1.77. The highest BCUT2D eigenvalue weighted by molar-refractivity contribution is 5.66. The first-order valence-electron chi connectivity index (χ1n) is 10.0.